The van der Waals surface area contributed by atoms with Gasteiger partial charge in [-0.3, -0.25) is 0 Å². The van der Waals surface area contributed by atoms with E-state index in [0.29, 0.717) is 11.3 Å². The minimum Gasteiger partial charge on any atom is -0.368 e. The second kappa shape index (κ2) is 5.50. The highest BCUT2D eigenvalue weighted by Gasteiger charge is 2.52. The van der Waals surface area contributed by atoms with Gasteiger partial charge in [0.2, 0.25) is 0 Å². The van der Waals surface area contributed by atoms with Crippen molar-refractivity contribution in [3.8, 4) is 0 Å². The van der Waals surface area contributed by atoms with Gasteiger partial charge in [-0.05, 0) is 65.0 Å². The molecule has 124 valence electrons. The third-order valence-electron chi connectivity index (χ3n) is 5.92. The van der Waals surface area contributed by atoms with Gasteiger partial charge in [-0.2, -0.15) is 0 Å². The van der Waals surface area contributed by atoms with Crippen LogP contribution in [0.4, 0.5) is 0 Å². The van der Waals surface area contributed by atoms with Crippen LogP contribution >= 0.6 is 0 Å². The molecule has 0 aromatic rings. The Labute approximate surface area is 131 Å². The number of ether oxygens (including phenoxy) is 1. The van der Waals surface area contributed by atoms with E-state index in [1.807, 2.05) is 0 Å². The second-order valence-electron chi connectivity index (χ2n) is 9.38. The first-order valence-corrected chi connectivity index (χ1v) is 8.61. The third-order valence-corrected chi connectivity index (χ3v) is 5.92. The number of hydrogen-bond donors (Lipinski definition) is 1. The van der Waals surface area contributed by atoms with Gasteiger partial charge in [0.05, 0.1) is 11.2 Å². The fourth-order valence-electron chi connectivity index (χ4n) is 4.33. The first-order chi connectivity index (χ1) is 9.43. The zero-order valence-corrected chi connectivity index (χ0v) is 15.2. The Bertz CT molecular complexity index is 362. The van der Waals surface area contributed by atoms with Crippen molar-refractivity contribution in [1.29, 1.82) is 0 Å². The van der Waals surface area contributed by atoms with Crippen molar-refractivity contribution in [2.75, 3.05) is 19.6 Å². The van der Waals surface area contributed by atoms with E-state index in [4.69, 9.17) is 10.5 Å². The first kappa shape index (κ1) is 17.2. The van der Waals surface area contributed by atoms with Crippen LogP contribution < -0.4 is 5.73 Å². The predicted octanol–water partition coefficient (Wildman–Crippen LogP) is 3.28. The molecule has 2 unspecified atom stereocenters. The van der Waals surface area contributed by atoms with Crippen molar-refractivity contribution >= 4 is 0 Å². The summed E-state index contributed by atoms with van der Waals surface area (Å²) in [5, 5.41) is 0. The van der Waals surface area contributed by atoms with Crippen LogP contribution in [0.5, 0.6) is 0 Å². The number of hydrogen-bond acceptors (Lipinski definition) is 3. The maximum absolute atomic E-state index is 6.49. The normalized spacial score (nSPS) is 34.3. The van der Waals surface area contributed by atoms with Crippen LogP contribution in [-0.4, -0.2) is 41.8 Å². The van der Waals surface area contributed by atoms with E-state index >= 15 is 0 Å². The van der Waals surface area contributed by atoms with E-state index in [1.165, 1.54) is 25.9 Å². The number of nitrogens with zero attached hydrogens (tertiary/aromatic N) is 1. The van der Waals surface area contributed by atoms with Gasteiger partial charge >= 0.3 is 0 Å². The van der Waals surface area contributed by atoms with Gasteiger partial charge in [-0.15, -0.1) is 0 Å². The summed E-state index contributed by atoms with van der Waals surface area (Å²) < 4.78 is 6.23. The van der Waals surface area contributed by atoms with E-state index in [9.17, 15) is 0 Å². The number of likely N-dealkylation sites (tertiary alicyclic amines) is 1. The summed E-state index contributed by atoms with van der Waals surface area (Å²) in [6.45, 7) is 19.3. The lowest BCUT2D eigenvalue weighted by Gasteiger charge is -2.41. The highest BCUT2D eigenvalue weighted by molar-refractivity contribution is 5.05. The second-order valence-corrected chi connectivity index (χ2v) is 9.38. The molecule has 0 spiro atoms. The molecule has 3 nitrogen and oxygen atoms in total. The van der Waals surface area contributed by atoms with E-state index in [1.54, 1.807) is 0 Å². The number of nitrogens with two attached hydrogens (primary N) is 1. The minimum absolute atomic E-state index is 0.118. The molecular formula is C18H36N2O. The molecule has 2 N–H and O–H groups in total. The fourth-order valence-corrected chi connectivity index (χ4v) is 4.33. The highest BCUT2D eigenvalue weighted by atomic mass is 16.5. The molecule has 0 aromatic carbocycles. The largest absolute Gasteiger partial charge is 0.368 e. The summed E-state index contributed by atoms with van der Waals surface area (Å²) in [4.78, 5) is 2.61. The maximum atomic E-state index is 6.49. The molecule has 3 heteroatoms. The molecule has 2 fully saturated rings. The van der Waals surface area contributed by atoms with Crippen LogP contribution in [0.15, 0.2) is 0 Å². The van der Waals surface area contributed by atoms with Gasteiger partial charge in [-0.1, -0.05) is 20.8 Å². The Hall–Kier alpha value is -0.120. The zero-order chi connectivity index (χ0) is 16.1. The summed E-state index contributed by atoms with van der Waals surface area (Å²) in [5.41, 5.74) is 6.61. The van der Waals surface area contributed by atoms with Crippen molar-refractivity contribution < 1.29 is 4.74 Å². The smallest absolute Gasteiger partial charge is 0.0788 e. The van der Waals surface area contributed by atoms with Crippen LogP contribution in [-0.2, 0) is 4.74 Å². The quantitative estimate of drug-likeness (QED) is 0.850. The van der Waals surface area contributed by atoms with Crippen molar-refractivity contribution in [3.63, 3.8) is 0 Å². The Balaban J connectivity index is 1.94. The molecule has 2 aliphatic rings. The van der Waals surface area contributed by atoms with E-state index in [2.05, 4.69) is 53.4 Å². The van der Waals surface area contributed by atoms with Crippen LogP contribution in [0.2, 0.25) is 0 Å². The summed E-state index contributed by atoms with van der Waals surface area (Å²) in [5.74, 6) is 1.27. The number of piperidine rings is 1. The van der Waals surface area contributed by atoms with Crippen LogP contribution in [0, 0.1) is 17.3 Å². The molecule has 2 heterocycles. The molecule has 2 aliphatic heterocycles. The molecule has 0 radical (unpaired) electrons. The van der Waals surface area contributed by atoms with Crippen molar-refractivity contribution in [2.24, 2.45) is 23.0 Å². The van der Waals surface area contributed by atoms with Gasteiger partial charge in [0.25, 0.3) is 0 Å². The molecule has 0 bridgehead atoms. The summed E-state index contributed by atoms with van der Waals surface area (Å²) in [6, 6.07) is 0.118. The van der Waals surface area contributed by atoms with Gasteiger partial charge in [0, 0.05) is 18.5 Å². The lowest BCUT2D eigenvalue weighted by Crippen LogP contribution is -2.50. The zero-order valence-electron chi connectivity index (χ0n) is 15.2. The van der Waals surface area contributed by atoms with Gasteiger partial charge in [0.15, 0.2) is 0 Å². The molecule has 0 aliphatic carbocycles. The highest BCUT2D eigenvalue weighted by Crippen LogP contribution is 2.42. The van der Waals surface area contributed by atoms with E-state index < -0.39 is 0 Å². The van der Waals surface area contributed by atoms with E-state index in [0.717, 1.165) is 12.5 Å². The minimum atomic E-state index is -0.210. The molecule has 0 amide bonds. The molecule has 0 aromatic heterocycles. The molecular weight excluding hydrogens is 260 g/mol. The molecule has 0 saturated carbocycles. The first-order valence-electron chi connectivity index (χ1n) is 8.61. The molecule has 2 atom stereocenters. The van der Waals surface area contributed by atoms with Crippen molar-refractivity contribution in [1.82, 2.24) is 4.90 Å². The standard InChI is InChI=1S/C18H36N2O/c1-16(2,3)13-8-10-20(11-9-13)12-14-15(19)18(6,7)21-17(14,4)5/h13-15H,8-12,19H2,1-7H3. The Morgan fingerprint density at radius 2 is 1.57 bits per heavy atom. The van der Waals surface area contributed by atoms with Crippen LogP contribution in [0.1, 0.15) is 61.3 Å². The average Bonchev–Trinajstić information content (AvgIpc) is 2.47. The lowest BCUT2D eigenvalue weighted by atomic mass is 9.75. The topological polar surface area (TPSA) is 38.5 Å². The van der Waals surface area contributed by atoms with Gasteiger partial charge in [0.1, 0.15) is 0 Å². The maximum Gasteiger partial charge on any atom is 0.0788 e. The van der Waals surface area contributed by atoms with Crippen molar-refractivity contribution in [3.05, 3.63) is 0 Å². The van der Waals surface area contributed by atoms with Gasteiger partial charge in [-0.25, -0.2) is 0 Å². The number of rotatable bonds is 2. The average molecular weight is 296 g/mol. The molecule has 21 heavy (non-hydrogen) atoms. The monoisotopic (exact) mass is 296 g/mol. The van der Waals surface area contributed by atoms with Crippen LogP contribution in [0.25, 0.3) is 0 Å². The van der Waals surface area contributed by atoms with Gasteiger partial charge < -0.3 is 15.4 Å². The molecule has 2 rings (SSSR count). The predicted molar refractivity (Wildman–Crippen MR) is 89.3 cm³/mol. The van der Waals surface area contributed by atoms with E-state index in [-0.39, 0.29) is 17.2 Å². The summed E-state index contributed by atoms with van der Waals surface area (Å²) in [7, 11) is 0. The van der Waals surface area contributed by atoms with Crippen LogP contribution in [0.3, 0.4) is 0 Å². The van der Waals surface area contributed by atoms with Crippen molar-refractivity contribution in [2.45, 2.75) is 78.6 Å². The Morgan fingerprint density at radius 3 is 1.95 bits per heavy atom. The SMILES string of the molecule is CC(C)(C)C1CCN(CC2C(N)C(C)(C)OC2(C)C)CC1. The third kappa shape index (κ3) is 3.62. The Morgan fingerprint density at radius 1 is 1.05 bits per heavy atom. The summed E-state index contributed by atoms with van der Waals surface area (Å²) >= 11 is 0. The molecule has 2 saturated heterocycles. The Kier molecular flexibility index (Phi) is 4.52. The summed E-state index contributed by atoms with van der Waals surface area (Å²) in [6.07, 6.45) is 2.63. The lowest BCUT2D eigenvalue weighted by molar-refractivity contribution is -0.0792. The fraction of sp³-hybridized carbons (Fsp3) is 1.00.